The number of nitrogens with zero attached hydrogens (tertiary/aromatic N) is 4. The van der Waals surface area contributed by atoms with Gasteiger partial charge in [-0.2, -0.15) is 0 Å². The maximum Gasteiger partial charge on any atom is 0.410 e. The first-order valence-electron chi connectivity index (χ1n) is 23.8. The number of ether oxygens (including phenoxy) is 5. The molecule has 2 heterocycles. The summed E-state index contributed by atoms with van der Waals surface area (Å²) in [6.07, 6.45) is -2.02. The molecular weight excluding hydrogens is 911 g/mol. The first-order chi connectivity index (χ1) is 33.0. The third-order valence-electron chi connectivity index (χ3n) is 9.88. The van der Waals surface area contributed by atoms with Crippen LogP contribution in [0.2, 0.25) is 0 Å². The van der Waals surface area contributed by atoms with Crippen LogP contribution in [0, 0.1) is 0 Å². The van der Waals surface area contributed by atoms with Crippen LogP contribution in [-0.4, -0.2) is 145 Å². The molecule has 0 unspecified atom stereocenters. The Morgan fingerprint density at radius 1 is 0.571 bits per heavy atom. The zero-order valence-corrected chi connectivity index (χ0v) is 43.1. The highest BCUT2D eigenvalue weighted by Gasteiger charge is 2.32. The Bertz CT molecular complexity index is 2380. The van der Waals surface area contributed by atoms with Gasteiger partial charge in [-0.25, -0.2) is 28.0 Å². The van der Waals surface area contributed by atoms with Crippen molar-refractivity contribution in [1.29, 1.82) is 0 Å². The molecule has 0 atom stereocenters. The minimum Gasteiger partial charge on any atom is -0.491 e. The highest BCUT2D eigenvalue weighted by atomic mass is 19.1. The van der Waals surface area contributed by atoms with Crippen LogP contribution in [0.5, 0.6) is 5.75 Å². The zero-order chi connectivity index (χ0) is 52.6. The monoisotopic (exact) mass is 983 g/mol. The van der Waals surface area contributed by atoms with E-state index in [0.29, 0.717) is 16.5 Å². The molecule has 386 valence electrons. The minimum atomic E-state index is -0.977. The number of esters is 1. The smallest absolute Gasteiger partial charge is 0.410 e. The zero-order valence-electron chi connectivity index (χ0n) is 43.1. The minimum absolute atomic E-state index is 0.00566. The lowest BCUT2D eigenvalue weighted by molar-refractivity contribution is 0.00479. The van der Waals surface area contributed by atoms with E-state index in [9.17, 15) is 37.5 Å². The normalized spacial score (nSPS) is 13.9. The second-order valence-electron chi connectivity index (χ2n) is 18.6. The van der Waals surface area contributed by atoms with Crippen molar-refractivity contribution >= 4 is 41.1 Å². The highest BCUT2D eigenvalue weighted by molar-refractivity contribution is 6.09. The molecule has 18 heteroatoms. The van der Waals surface area contributed by atoms with Gasteiger partial charge in [-0.05, 0) is 104 Å². The molecule has 70 heavy (non-hydrogen) atoms. The topological polar surface area (TPSA) is 175 Å². The van der Waals surface area contributed by atoms with Crippen molar-refractivity contribution in [3.63, 3.8) is 0 Å². The van der Waals surface area contributed by atoms with Gasteiger partial charge in [0, 0.05) is 86.6 Å². The van der Waals surface area contributed by atoms with Crippen molar-refractivity contribution in [2.75, 3.05) is 78.9 Å². The molecule has 1 fully saturated rings. The van der Waals surface area contributed by atoms with Crippen LogP contribution in [0.3, 0.4) is 0 Å². The molecule has 16 nitrogen and oxygen atoms in total. The van der Waals surface area contributed by atoms with Crippen molar-refractivity contribution in [2.45, 2.75) is 107 Å². The van der Waals surface area contributed by atoms with Crippen LogP contribution < -0.4 is 10.2 Å². The van der Waals surface area contributed by atoms with Crippen molar-refractivity contribution in [3.05, 3.63) is 75.9 Å². The SMILES string of the molecule is CC.CC.CC(C)(C)OC(=O)N1CCN(C(=O)OC(C)(C)C)CCN(C(=O)c2ccc(-c3c4ccc(=O)cc-4oc4cc(OCCF)ccc34)c(C(=O)OCCF)c2)CCN(C(=O)OC(C)(C)C)CC1. The first-order valence-corrected chi connectivity index (χ1v) is 23.8. The van der Waals surface area contributed by atoms with Gasteiger partial charge in [0.25, 0.3) is 5.91 Å². The molecule has 0 bridgehead atoms. The van der Waals surface area contributed by atoms with Crippen LogP contribution >= 0.6 is 0 Å². The van der Waals surface area contributed by atoms with Crippen LogP contribution in [0.4, 0.5) is 23.2 Å². The van der Waals surface area contributed by atoms with Gasteiger partial charge >= 0.3 is 24.2 Å². The van der Waals surface area contributed by atoms with Crippen LogP contribution in [0.25, 0.3) is 33.4 Å². The quantitative estimate of drug-likeness (QED) is 0.0930. The van der Waals surface area contributed by atoms with E-state index in [2.05, 4.69) is 0 Å². The van der Waals surface area contributed by atoms with Crippen LogP contribution in [0.15, 0.2) is 63.8 Å². The Balaban J connectivity index is 0.00000316. The average Bonchev–Trinajstić information content (AvgIpc) is 3.28. The third kappa shape index (κ3) is 16.9. The number of rotatable bonds is 8. The van der Waals surface area contributed by atoms with Crippen LogP contribution in [0.1, 0.15) is 111 Å². The Hall–Kier alpha value is -6.46. The van der Waals surface area contributed by atoms with Gasteiger partial charge in [-0.3, -0.25) is 9.59 Å². The lowest BCUT2D eigenvalue weighted by atomic mass is 9.89. The molecule has 3 aliphatic rings. The molecule has 1 aliphatic carbocycles. The Morgan fingerprint density at radius 3 is 1.49 bits per heavy atom. The Kier molecular flexibility index (Phi) is 21.4. The lowest BCUT2D eigenvalue weighted by Crippen LogP contribution is -2.52. The number of carbonyl (C=O) groups is 5. The van der Waals surface area contributed by atoms with E-state index >= 15 is 0 Å². The molecular formula is C52H72F2N4O12. The molecule has 2 aromatic carbocycles. The van der Waals surface area contributed by atoms with Crippen molar-refractivity contribution < 1.29 is 60.9 Å². The summed E-state index contributed by atoms with van der Waals surface area (Å²) in [5.41, 5.74) is -1.71. The van der Waals surface area contributed by atoms with Gasteiger partial charge in [0.2, 0.25) is 0 Å². The number of hydrogen-bond acceptors (Lipinski definition) is 12. The lowest BCUT2D eigenvalue weighted by Gasteiger charge is -2.36. The summed E-state index contributed by atoms with van der Waals surface area (Å²) >= 11 is 0. The molecule has 1 saturated heterocycles. The summed E-state index contributed by atoms with van der Waals surface area (Å²) in [5, 5.41) is 0.463. The van der Waals surface area contributed by atoms with Gasteiger partial charge in [0.15, 0.2) is 5.43 Å². The van der Waals surface area contributed by atoms with E-state index in [1.165, 1.54) is 62.1 Å². The van der Waals surface area contributed by atoms with Crippen LogP contribution in [-0.2, 0) is 18.9 Å². The summed E-state index contributed by atoms with van der Waals surface area (Å²) in [6.45, 7) is 20.6. The number of alkyl halides is 2. The standard InChI is InChI=1S/C48H60F2N4O12.2C2H6/c1-46(2,3)64-43(58)52-20-18-51(19-21-53(44(59)65-47(4,5)6)23-25-54(24-22-52)45(60)66-48(7,8)9)41(56)31-10-13-34(37(28-31)42(57)62-27-17-50)40-35-14-11-32(55)29-38(35)63-39-30-33(61-26-16-49)12-15-36(39)40;2*1-2/h10-15,28-30H,16-27H2,1-9H3;2*1-2H3. The van der Waals surface area contributed by atoms with Gasteiger partial charge in [0.1, 0.15) is 60.5 Å². The Morgan fingerprint density at radius 2 is 1.03 bits per heavy atom. The maximum absolute atomic E-state index is 14.8. The van der Waals surface area contributed by atoms with Crippen molar-refractivity contribution in [2.24, 2.45) is 0 Å². The molecule has 0 radical (unpaired) electrons. The highest BCUT2D eigenvalue weighted by Crippen LogP contribution is 2.42. The van der Waals surface area contributed by atoms with Gasteiger partial charge in [-0.1, -0.05) is 33.8 Å². The number of benzene rings is 3. The first kappa shape index (κ1) is 57.9. The van der Waals surface area contributed by atoms with Gasteiger partial charge in [-0.15, -0.1) is 0 Å². The molecule has 0 aromatic heterocycles. The predicted molar refractivity (Wildman–Crippen MR) is 264 cm³/mol. The maximum atomic E-state index is 14.8. The Labute approximate surface area is 410 Å². The largest absolute Gasteiger partial charge is 0.491 e. The second kappa shape index (κ2) is 25.9. The molecule has 5 rings (SSSR count). The fraction of sp³-hybridized carbons (Fsp3) is 0.538. The number of halogens is 2. The van der Waals surface area contributed by atoms with Gasteiger partial charge in [0.05, 0.1) is 5.56 Å². The second-order valence-corrected chi connectivity index (χ2v) is 18.6. The fourth-order valence-electron chi connectivity index (χ4n) is 6.99. The molecule has 0 spiro atoms. The number of fused-ring (bicyclic) bond motifs is 2. The number of amides is 4. The van der Waals surface area contributed by atoms with E-state index in [1.807, 2.05) is 27.7 Å². The summed E-state index contributed by atoms with van der Waals surface area (Å²) in [5.74, 6) is -1.09. The van der Waals surface area contributed by atoms with E-state index in [0.717, 1.165) is 0 Å². The summed E-state index contributed by atoms with van der Waals surface area (Å²) in [6, 6.07) is 13.3. The van der Waals surface area contributed by atoms with Crippen molar-refractivity contribution in [3.8, 4) is 28.2 Å². The number of hydrogen-bond donors (Lipinski definition) is 0. The van der Waals surface area contributed by atoms with E-state index < -0.39 is 66.9 Å². The third-order valence-corrected chi connectivity index (χ3v) is 9.88. The molecule has 0 saturated carbocycles. The fourth-order valence-corrected chi connectivity index (χ4v) is 6.99. The molecule has 2 aromatic rings. The van der Waals surface area contributed by atoms with E-state index in [1.54, 1.807) is 74.4 Å². The summed E-state index contributed by atoms with van der Waals surface area (Å²) in [4.78, 5) is 87.7. The summed E-state index contributed by atoms with van der Waals surface area (Å²) in [7, 11) is 0. The van der Waals surface area contributed by atoms with E-state index in [-0.39, 0.29) is 98.2 Å². The molecule has 0 N–H and O–H groups in total. The average molecular weight is 983 g/mol. The van der Waals surface area contributed by atoms with Crippen molar-refractivity contribution in [1.82, 2.24) is 19.6 Å². The van der Waals surface area contributed by atoms with Gasteiger partial charge < -0.3 is 47.7 Å². The predicted octanol–water partition coefficient (Wildman–Crippen LogP) is 10.3. The molecule has 4 amide bonds. The van der Waals surface area contributed by atoms with E-state index in [4.69, 9.17) is 28.1 Å². The molecule has 2 aliphatic heterocycles. The summed E-state index contributed by atoms with van der Waals surface area (Å²) < 4.78 is 60.5. The number of carbonyl (C=O) groups excluding carboxylic acids is 5.